The Kier molecular flexibility index (Phi) is 5.05. The number of hydrogen-bond acceptors (Lipinski definition) is 5. The van der Waals surface area contributed by atoms with E-state index < -0.39 is 11.2 Å². The molecule has 3 heterocycles. The summed E-state index contributed by atoms with van der Waals surface area (Å²) >= 11 is 0. The fourth-order valence-corrected chi connectivity index (χ4v) is 4.51. The van der Waals surface area contributed by atoms with Crippen molar-refractivity contribution in [1.82, 2.24) is 23.9 Å². The summed E-state index contributed by atoms with van der Waals surface area (Å²) < 4.78 is 2.37. The number of carbonyl (C=O) groups excluding carboxylic acids is 1. The molecule has 0 radical (unpaired) electrons. The van der Waals surface area contributed by atoms with Gasteiger partial charge in [-0.25, -0.2) is 9.78 Å². The second-order valence-electron chi connectivity index (χ2n) is 7.89. The first-order valence-corrected chi connectivity index (χ1v) is 10.1. The van der Waals surface area contributed by atoms with Crippen LogP contribution in [0.3, 0.4) is 0 Å². The Bertz CT molecular complexity index is 1020. The van der Waals surface area contributed by atoms with E-state index in [1.54, 1.807) is 19.2 Å². The lowest BCUT2D eigenvalue weighted by atomic mass is 10.2. The first-order valence-electron chi connectivity index (χ1n) is 10.1. The van der Waals surface area contributed by atoms with E-state index in [-0.39, 0.29) is 17.2 Å². The molecule has 1 saturated heterocycles. The zero-order chi connectivity index (χ0) is 19.8. The topological polar surface area (TPSA) is 80.4 Å². The fraction of sp³-hybridized carbons (Fsp3) is 0.600. The zero-order valence-corrected chi connectivity index (χ0v) is 16.6. The van der Waals surface area contributed by atoms with Gasteiger partial charge >= 0.3 is 5.69 Å². The van der Waals surface area contributed by atoms with Crippen LogP contribution in [-0.4, -0.2) is 62.0 Å². The van der Waals surface area contributed by atoms with Gasteiger partial charge < -0.3 is 4.90 Å². The van der Waals surface area contributed by atoms with Crippen molar-refractivity contribution in [3.05, 3.63) is 38.7 Å². The van der Waals surface area contributed by atoms with Gasteiger partial charge in [-0.1, -0.05) is 12.8 Å². The molecule has 2 aromatic rings. The maximum absolute atomic E-state index is 13.0. The van der Waals surface area contributed by atoms with Crippen molar-refractivity contribution in [2.45, 2.75) is 38.1 Å². The molecule has 8 nitrogen and oxygen atoms in total. The Morgan fingerprint density at radius 2 is 1.71 bits per heavy atom. The smallest absolute Gasteiger partial charge is 0.332 e. The third-order valence-corrected chi connectivity index (χ3v) is 6.18. The normalized spacial score (nSPS) is 19.3. The van der Waals surface area contributed by atoms with Crippen LogP contribution >= 0.6 is 0 Å². The van der Waals surface area contributed by atoms with Gasteiger partial charge in [-0.15, -0.1) is 0 Å². The van der Waals surface area contributed by atoms with Crippen LogP contribution in [0.2, 0.25) is 0 Å². The van der Waals surface area contributed by atoms with Crippen molar-refractivity contribution >= 4 is 16.9 Å². The largest absolute Gasteiger partial charge is 0.336 e. The van der Waals surface area contributed by atoms with Crippen LogP contribution < -0.4 is 11.2 Å². The molecule has 150 valence electrons. The van der Waals surface area contributed by atoms with E-state index in [4.69, 9.17) is 0 Å². The van der Waals surface area contributed by atoms with Gasteiger partial charge in [0.15, 0.2) is 0 Å². The third-order valence-electron chi connectivity index (χ3n) is 6.18. The quantitative estimate of drug-likeness (QED) is 0.761. The van der Waals surface area contributed by atoms with Crippen molar-refractivity contribution < 1.29 is 4.79 Å². The van der Waals surface area contributed by atoms with Crippen molar-refractivity contribution in [1.29, 1.82) is 0 Å². The third kappa shape index (κ3) is 3.26. The Morgan fingerprint density at radius 3 is 2.46 bits per heavy atom. The highest BCUT2D eigenvalue weighted by molar-refractivity contribution is 5.94. The predicted octanol–water partition coefficient (Wildman–Crippen LogP) is 0.723. The van der Waals surface area contributed by atoms with Crippen LogP contribution in [0.15, 0.2) is 21.7 Å². The Balaban J connectivity index is 1.58. The lowest BCUT2D eigenvalue weighted by Gasteiger charge is -2.27. The van der Waals surface area contributed by atoms with Crippen LogP contribution in [-0.2, 0) is 14.1 Å². The van der Waals surface area contributed by atoms with Crippen molar-refractivity contribution in [2.24, 2.45) is 14.1 Å². The monoisotopic (exact) mass is 385 g/mol. The summed E-state index contributed by atoms with van der Waals surface area (Å²) in [5, 5.41) is 0.337. The predicted molar refractivity (Wildman–Crippen MR) is 107 cm³/mol. The molecule has 1 amide bonds. The van der Waals surface area contributed by atoms with E-state index in [0.717, 1.165) is 24.1 Å². The molecule has 1 aliphatic carbocycles. The van der Waals surface area contributed by atoms with Gasteiger partial charge in [0.1, 0.15) is 11.3 Å². The van der Waals surface area contributed by atoms with E-state index in [0.29, 0.717) is 24.5 Å². The molecule has 28 heavy (non-hydrogen) atoms. The van der Waals surface area contributed by atoms with Gasteiger partial charge in [0.2, 0.25) is 0 Å². The molecule has 0 N–H and O–H groups in total. The number of hydrogen-bond donors (Lipinski definition) is 0. The molecule has 8 heteroatoms. The van der Waals surface area contributed by atoms with Crippen LogP contribution in [0, 0.1) is 0 Å². The van der Waals surface area contributed by atoms with Gasteiger partial charge in [-0.3, -0.25) is 23.6 Å². The van der Waals surface area contributed by atoms with Crippen LogP contribution in [0.25, 0.3) is 11.0 Å². The molecule has 0 bridgehead atoms. The average molecular weight is 385 g/mol. The summed E-state index contributed by atoms with van der Waals surface area (Å²) in [6.45, 7) is 3.31. The summed E-state index contributed by atoms with van der Waals surface area (Å²) in [7, 11) is 3.01. The number of nitrogens with zero attached hydrogens (tertiary/aromatic N) is 5. The average Bonchev–Trinajstić information content (AvgIpc) is 3.14. The first kappa shape index (κ1) is 18.9. The molecule has 2 aromatic heterocycles. The standard InChI is InChI=1S/C20H27N5O3/c1-22-17-15(18(26)23(2)20(22)28)8-9-16(21-17)19(27)25-11-5-10-24(12-13-25)14-6-3-4-7-14/h8-9,14H,3-7,10-13H2,1-2H3. The molecule has 4 rings (SSSR count). The van der Waals surface area contributed by atoms with Crippen molar-refractivity contribution in [3.63, 3.8) is 0 Å². The molecule has 2 aliphatic rings. The van der Waals surface area contributed by atoms with E-state index >= 15 is 0 Å². The fourth-order valence-electron chi connectivity index (χ4n) is 4.51. The summed E-state index contributed by atoms with van der Waals surface area (Å²) in [6, 6.07) is 3.86. The second kappa shape index (κ2) is 7.50. The lowest BCUT2D eigenvalue weighted by Crippen LogP contribution is -2.39. The molecule has 2 fully saturated rings. The number of amides is 1. The van der Waals surface area contributed by atoms with Crippen LogP contribution in [0.5, 0.6) is 0 Å². The molecular weight excluding hydrogens is 358 g/mol. The Labute approximate surface area is 163 Å². The SMILES string of the molecule is Cn1c(=O)c2ccc(C(=O)N3CCCN(C4CCCC4)CC3)nc2n(C)c1=O. The van der Waals surface area contributed by atoms with Gasteiger partial charge in [-0.2, -0.15) is 0 Å². The summed E-state index contributed by atoms with van der Waals surface area (Å²) in [5.41, 5.74) is -0.311. The van der Waals surface area contributed by atoms with Crippen LogP contribution in [0.1, 0.15) is 42.6 Å². The number of aryl methyl sites for hydroxylation is 1. The molecule has 0 atom stereocenters. The number of pyridine rings is 1. The van der Waals surface area contributed by atoms with Gasteiger partial charge in [-0.05, 0) is 31.4 Å². The highest BCUT2D eigenvalue weighted by Crippen LogP contribution is 2.24. The van der Waals surface area contributed by atoms with E-state index in [1.807, 2.05) is 4.90 Å². The van der Waals surface area contributed by atoms with Gasteiger partial charge in [0.05, 0.1) is 5.39 Å². The minimum Gasteiger partial charge on any atom is -0.336 e. The van der Waals surface area contributed by atoms with Crippen molar-refractivity contribution in [3.8, 4) is 0 Å². The molecule has 1 saturated carbocycles. The Morgan fingerprint density at radius 1 is 0.964 bits per heavy atom. The lowest BCUT2D eigenvalue weighted by molar-refractivity contribution is 0.0752. The summed E-state index contributed by atoms with van der Waals surface area (Å²) in [6.07, 6.45) is 6.10. The molecule has 1 aliphatic heterocycles. The first-order chi connectivity index (χ1) is 13.5. The number of carbonyl (C=O) groups is 1. The summed E-state index contributed by atoms with van der Waals surface area (Å²) in [5.74, 6) is -0.136. The highest BCUT2D eigenvalue weighted by Gasteiger charge is 2.27. The van der Waals surface area contributed by atoms with Gasteiger partial charge in [0.25, 0.3) is 11.5 Å². The van der Waals surface area contributed by atoms with Crippen molar-refractivity contribution in [2.75, 3.05) is 26.2 Å². The maximum Gasteiger partial charge on any atom is 0.332 e. The number of rotatable bonds is 2. The minimum atomic E-state index is -0.448. The zero-order valence-electron chi connectivity index (χ0n) is 16.6. The second-order valence-corrected chi connectivity index (χ2v) is 7.89. The van der Waals surface area contributed by atoms with E-state index in [2.05, 4.69) is 9.88 Å². The van der Waals surface area contributed by atoms with Crippen LogP contribution in [0.4, 0.5) is 0 Å². The number of fused-ring (bicyclic) bond motifs is 1. The molecule has 0 spiro atoms. The highest BCUT2D eigenvalue weighted by atomic mass is 16.2. The molecular formula is C20H27N5O3. The molecule has 0 unspecified atom stereocenters. The van der Waals surface area contributed by atoms with E-state index in [9.17, 15) is 14.4 Å². The maximum atomic E-state index is 13.0. The van der Waals surface area contributed by atoms with Gasteiger partial charge in [0, 0.05) is 46.3 Å². The number of aromatic nitrogens is 3. The minimum absolute atomic E-state index is 0.136. The molecule has 0 aromatic carbocycles. The Hall–Kier alpha value is -2.48. The van der Waals surface area contributed by atoms with E-state index in [1.165, 1.54) is 37.3 Å². The summed E-state index contributed by atoms with van der Waals surface area (Å²) in [4.78, 5) is 46.3.